The van der Waals surface area contributed by atoms with E-state index in [0.29, 0.717) is 0 Å². The Morgan fingerprint density at radius 3 is 2.00 bits per heavy atom. The largest absolute Gasteiger partial charge is 0.466 e. The van der Waals surface area contributed by atoms with Crippen LogP contribution in [0.25, 0.3) is 0 Å². The van der Waals surface area contributed by atoms with Gasteiger partial charge in [-0.3, -0.25) is 4.48 Å². The van der Waals surface area contributed by atoms with E-state index in [2.05, 4.69) is 25.5 Å². The Kier molecular flexibility index (Phi) is 5.39. The van der Waals surface area contributed by atoms with E-state index >= 15 is 0 Å². The highest BCUT2D eigenvalue weighted by Crippen LogP contribution is 2.06. The molecule has 0 aliphatic rings. The Morgan fingerprint density at radius 2 is 1.69 bits per heavy atom. The number of rotatable bonds is 5. The Hall–Kier alpha value is -0.830. The van der Waals surface area contributed by atoms with Crippen LogP contribution < -0.4 is 0 Å². The van der Waals surface area contributed by atoms with Crippen LogP contribution in [-0.2, 0) is 9.53 Å². The number of nitrogens with zero attached hydrogens (tertiary/aromatic N) is 1. The topological polar surface area (TPSA) is 26.3 Å². The number of esters is 1. The molecule has 0 spiro atoms. The monoisotopic (exact) mass is 186 g/mol. The maximum absolute atomic E-state index is 10.9. The predicted octanol–water partition coefficient (Wildman–Crippen LogP) is 1.55. The van der Waals surface area contributed by atoms with E-state index in [0.717, 1.165) is 24.1 Å². The molecule has 76 valence electrons. The Bertz CT molecular complexity index is 175. The van der Waals surface area contributed by atoms with Gasteiger partial charge < -0.3 is 4.74 Å². The van der Waals surface area contributed by atoms with Gasteiger partial charge in [-0.1, -0.05) is 0 Å². The number of carbonyl (C=O) groups is 1. The van der Waals surface area contributed by atoms with Crippen molar-refractivity contribution in [2.75, 3.05) is 26.7 Å². The van der Waals surface area contributed by atoms with Gasteiger partial charge in [-0.15, -0.1) is 0 Å². The van der Waals surface area contributed by atoms with Crippen LogP contribution in [0.15, 0.2) is 12.3 Å². The fourth-order valence-electron chi connectivity index (χ4n) is 1.27. The number of methoxy groups -OCH3 is 1. The summed E-state index contributed by atoms with van der Waals surface area (Å²) in [6.45, 7) is 9.36. The molecule has 0 saturated heterocycles. The third kappa shape index (κ3) is 3.59. The van der Waals surface area contributed by atoms with E-state index < -0.39 is 0 Å². The van der Waals surface area contributed by atoms with Crippen molar-refractivity contribution in [1.29, 1.82) is 0 Å². The van der Waals surface area contributed by atoms with Crippen molar-refractivity contribution in [3.8, 4) is 0 Å². The van der Waals surface area contributed by atoms with Crippen molar-refractivity contribution in [2.24, 2.45) is 0 Å². The lowest BCUT2D eigenvalue weighted by atomic mass is 10.3. The molecule has 0 aromatic heterocycles. The molecule has 3 nitrogen and oxygen atoms in total. The van der Waals surface area contributed by atoms with Gasteiger partial charge in [0, 0.05) is 0 Å². The normalized spacial score (nSPS) is 12.0. The average Bonchev–Trinajstić information content (AvgIpc) is 2.20. The van der Waals surface area contributed by atoms with Gasteiger partial charge in [-0.05, 0) is 20.8 Å². The molecule has 0 N–H and O–H groups in total. The quantitative estimate of drug-likeness (QED) is 0.370. The smallest absolute Gasteiger partial charge is 0.335 e. The average molecular weight is 186 g/mol. The molecule has 0 amide bonds. The van der Waals surface area contributed by atoms with Crippen molar-refractivity contribution in [2.45, 2.75) is 20.8 Å². The number of hydrogen-bond donors (Lipinski definition) is 0. The van der Waals surface area contributed by atoms with E-state index in [4.69, 9.17) is 0 Å². The van der Waals surface area contributed by atoms with Crippen molar-refractivity contribution >= 4 is 5.97 Å². The van der Waals surface area contributed by atoms with Crippen LogP contribution >= 0.6 is 0 Å². The second-order valence-electron chi connectivity index (χ2n) is 3.01. The molecule has 0 atom stereocenters. The molecule has 0 aliphatic heterocycles. The summed E-state index contributed by atoms with van der Waals surface area (Å²) in [6.07, 6.45) is 3.43. The third-order valence-corrected chi connectivity index (χ3v) is 2.62. The SMILES string of the molecule is CC[N+](/C=C/C(=O)OC)(CC)CC. The molecular weight excluding hydrogens is 166 g/mol. The molecule has 0 aromatic carbocycles. The van der Waals surface area contributed by atoms with Crippen LogP contribution in [0, 0.1) is 0 Å². The van der Waals surface area contributed by atoms with Crippen LogP contribution in [-0.4, -0.2) is 37.2 Å². The van der Waals surface area contributed by atoms with E-state index in [1.165, 1.54) is 13.2 Å². The molecule has 0 saturated carbocycles. The predicted molar refractivity (Wildman–Crippen MR) is 53.0 cm³/mol. The van der Waals surface area contributed by atoms with Gasteiger partial charge in [0.05, 0.1) is 32.8 Å². The number of carbonyl (C=O) groups excluding carboxylic acids is 1. The molecule has 0 heterocycles. The zero-order chi connectivity index (χ0) is 10.3. The van der Waals surface area contributed by atoms with Gasteiger partial charge in [0.25, 0.3) is 0 Å². The van der Waals surface area contributed by atoms with Gasteiger partial charge >= 0.3 is 5.97 Å². The fourth-order valence-corrected chi connectivity index (χ4v) is 1.27. The maximum atomic E-state index is 10.9. The summed E-state index contributed by atoms with van der Waals surface area (Å²) in [5.41, 5.74) is 0. The lowest BCUT2D eigenvalue weighted by Crippen LogP contribution is -2.42. The van der Waals surface area contributed by atoms with Crippen LogP contribution in [0.4, 0.5) is 0 Å². The lowest BCUT2D eigenvalue weighted by Gasteiger charge is -2.30. The first-order valence-electron chi connectivity index (χ1n) is 4.77. The van der Waals surface area contributed by atoms with Crippen LogP contribution in [0.2, 0.25) is 0 Å². The van der Waals surface area contributed by atoms with Crippen molar-refractivity contribution in [1.82, 2.24) is 0 Å². The minimum Gasteiger partial charge on any atom is -0.466 e. The highest BCUT2D eigenvalue weighted by Gasteiger charge is 2.17. The lowest BCUT2D eigenvalue weighted by molar-refractivity contribution is -0.874. The fraction of sp³-hybridized carbons (Fsp3) is 0.700. The highest BCUT2D eigenvalue weighted by atomic mass is 16.5. The summed E-state index contributed by atoms with van der Waals surface area (Å²) in [4.78, 5) is 10.9. The van der Waals surface area contributed by atoms with Gasteiger partial charge in [0.15, 0.2) is 0 Å². The number of ether oxygens (including phenoxy) is 1. The zero-order valence-corrected chi connectivity index (χ0v) is 9.04. The van der Waals surface area contributed by atoms with E-state index in [9.17, 15) is 4.79 Å². The summed E-state index contributed by atoms with van der Waals surface area (Å²) in [6, 6.07) is 0. The van der Waals surface area contributed by atoms with Crippen LogP contribution in [0.5, 0.6) is 0 Å². The Labute approximate surface area is 80.6 Å². The summed E-state index contributed by atoms with van der Waals surface area (Å²) < 4.78 is 5.37. The molecule has 0 aromatic rings. The first-order valence-corrected chi connectivity index (χ1v) is 4.77. The van der Waals surface area contributed by atoms with E-state index in [1.807, 2.05) is 6.20 Å². The first-order chi connectivity index (χ1) is 6.14. The first kappa shape index (κ1) is 12.2. The van der Waals surface area contributed by atoms with Gasteiger partial charge in [0.1, 0.15) is 6.20 Å². The summed E-state index contributed by atoms with van der Waals surface area (Å²) in [7, 11) is 1.39. The van der Waals surface area contributed by atoms with Gasteiger partial charge in [0.2, 0.25) is 0 Å². The van der Waals surface area contributed by atoms with E-state index in [-0.39, 0.29) is 5.97 Å². The van der Waals surface area contributed by atoms with Gasteiger partial charge in [-0.25, -0.2) is 4.79 Å². The van der Waals surface area contributed by atoms with Crippen LogP contribution in [0.1, 0.15) is 20.8 Å². The minimum atomic E-state index is -0.280. The summed E-state index contributed by atoms with van der Waals surface area (Å²) in [5, 5.41) is 0. The molecule has 0 unspecified atom stereocenters. The maximum Gasteiger partial charge on any atom is 0.335 e. The Balaban J connectivity index is 4.40. The van der Waals surface area contributed by atoms with Crippen LogP contribution in [0.3, 0.4) is 0 Å². The number of hydrogen-bond acceptors (Lipinski definition) is 2. The standard InChI is InChI=1S/C10H20NO2/c1-5-11(6-2,7-3)9-8-10(12)13-4/h8-9H,5-7H2,1-4H3/q+1/b9-8+. The summed E-state index contributed by atoms with van der Waals surface area (Å²) in [5.74, 6) is -0.280. The molecule has 0 aliphatic carbocycles. The number of quaternary nitrogens is 1. The molecule has 13 heavy (non-hydrogen) atoms. The summed E-state index contributed by atoms with van der Waals surface area (Å²) >= 11 is 0. The second kappa shape index (κ2) is 5.75. The molecule has 0 radical (unpaired) electrons. The second-order valence-corrected chi connectivity index (χ2v) is 3.01. The van der Waals surface area contributed by atoms with Gasteiger partial charge in [-0.2, -0.15) is 0 Å². The minimum absolute atomic E-state index is 0.280. The van der Waals surface area contributed by atoms with Crippen molar-refractivity contribution in [3.05, 3.63) is 12.3 Å². The molecule has 3 heteroatoms. The molecule has 0 bridgehead atoms. The highest BCUT2D eigenvalue weighted by molar-refractivity contribution is 5.81. The van der Waals surface area contributed by atoms with E-state index in [1.54, 1.807) is 0 Å². The van der Waals surface area contributed by atoms with Crippen molar-refractivity contribution in [3.63, 3.8) is 0 Å². The van der Waals surface area contributed by atoms with Crippen molar-refractivity contribution < 1.29 is 14.0 Å². The Morgan fingerprint density at radius 1 is 1.23 bits per heavy atom. The molecular formula is C10H20NO2+. The molecule has 0 rings (SSSR count). The third-order valence-electron chi connectivity index (χ3n) is 2.62. The molecule has 0 fully saturated rings. The zero-order valence-electron chi connectivity index (χ0n) is 9.04.